The smallest absolute Gasteiger partial charge is 0.371 e. The van der Waals surface area contributed by atoms with Gasteiger partial charge in [-0.3, -0.25) is 0 Å². The van der Waals surface area contributed by atoms with Crippen LogP contribution in [0.1, 0.15) is 49.4 Å². The van der Waals surface area contributed by atoms with E-state index >= 15 is 0 Å². The zero-order chi connectivity index (χ0) is 15.4. The summed E-state index contributed by atoms with van der Waals surface area (Å²) in [6.45, 7) is 4.58. The van der Waals surface area contributed by atoms with Gasteiger partial charge in [0.2, 0.25) is 5.76 Å². The molecule has 116 valence electrons. The van der Waals surface area contributed by atoms with E-state index in [2.05, 4.69) is 24.5 Å². The van der Waals surface area contributed by atoms with Gasteiger partial charge in [0, 0.05) is 6.04 Å². The molecule has 3 unspecified atom stereocenters. The summed E-state index contributed by atoms with van der Waals surface area (Å²) in [7, 11) is 0. The van der Waals surface area contributed by atoms with Gasteiger partial charge >= 0.3 is 12.0 Å². The summed E-state index contributed by atoms with van der Waals surface area (Å²) in [5.41, 5.74) is 0. The van der Waals surface area contributed by atoms with Crippen molar-refractivity contribution in [3.63, 3.8) is 0 Å². The van der Waals surface area contributed by atoms with Crippen LogP contribution in [-0.2, 0) is 6.54 Å². The predicted molar refractivity (Wildman–Crippen MR) is 77.0 cm³/mol. The standard InChI is InChI=1S/C15H22N2O4/c1-9-3-5-12(10(2)7-9)17-15(20)16-8-11-4-6-13(21-11)14(18)19/h4,6,9-10,12H,3,5,7-8H2,1-2H3,(H,18,19)(H2,16,17,20). The fourth-order valence-electron chi connectivity index (χ4n) is 2.85. The van der Waals surface area contributed by atoms with Crippen LogP contribution >= 0.6 is 0 Å². The fourth-order valence-corrected chi connectivity index (χ4v) is 2.85. The molecule has 2 amide bonds. The maximum Gasteiger partial charge on any atom is 0.371 e. The molecule has 0 aliphatic heterocycles. The number of hydrogen-bond donors (Lipinski definition) is 3. The molecule has 0 bridgehead atoms. The summed E-state index contributed by atoms with van der Waals surface area (Å²) in [5, 5.41) is 14.4. The molecule has 0 spiro atoms. The van der Waals surface area contributed by atoms with E-state index in [1.54, 1.807) is 6.07 Å². The Morgan fingerprint density at radius 2 is 2.10 bits per heavy atom. The Morgan fingerprint density at radius 1 is 1.33 bits per heavy atom. The van der Waals surface area contributed by atoms with Crippen LogP contribution in [0, 0.1) is 11.8 Å². The van der Waals surface area contributed by atoms with Gasteiger partial charge < -0.3 is 20.2 Å². The highest BCUT2D eigenvalue weighted by molar-refractivity contribution is 5.84. The molecule has 6 heteroatoms. The van der Waals surface area contributed by atoms with Crippen LogP contribution in [0.2, 0.25) is 0 Å². The SMILES string of the molecule is CC1CCC(NC(=O)NCc2ccc(C(=O)O)o2)C(C)C1. The van der Waals surface area contributed by atoms with Crippen LogP contribution in [0.4, 0.5) is 4.79 Å². The van der Waals surface area contributed by atoms with Crippen LogP contribution < -0.4 is 10.6 Å². The van der Waals surface area contributed by atoms with Crippen molar-refractivity contribution < 1.29 is 19.1 Å². The number of carboxylic acids is 1. The second-order valence-electron chi connectivity index (χ2n) is 5.90. The van der Waals surface area contributed by atoms with Crippen LogP contribution in [0.25, 0.3) is 0 Å². The Kier molecular flexibility index (Phi) is 4.88. The molecular weight excluding hydrogens is 272 g/mol. The minimum atomic E-state index is -1.11. The monoisotopic (exact) mass is 294 g/mol. The first-order valence-corrected chi connectivity index (χ1v) is 7.32. The number of aromatic carboxylic acids is 1. The number of furan rings is 1. The predicted octanol–water partition coefficient (Wildman–Crippen LogP) is 2.60. The van der Waals surface area contributed by atoms with Crippen LogP contribution in [0.15, 0.2) is 16.5 Å². The number of amides is 2. The molecule has 1 aliphatic rings. The first-order valence-electron chi connectivity index (χ1n) is 7.32. The number of carbonyl (C=O) groups excluding carboxylic acids is 1. The van der Waals surface area contributed by atoms with Gasteiger partial charge in [-0.15, -0.1) is 0 Å². The van der Waals surface area contributed by atoms with E-state index in [0.717, 1.165) is 25.2 Å². The van der Waals surface area contributed by atoms with Crippen molar-refractivity contribution in [2.45, 2.75) is 45.7 Å². The number of hydrogen-bond acceptors (Lipinski definition) is 3. The van der Waals surface area contributed by atoms with E-state index in [1.807, 2.05) is 0 Å². The van der Waals surface area contributed by atoms with Gasteiger partial charge in [0.1, 0.15) is 5.76 Å². The number of urea groups is 1. The largest absolute Gasteiger partial charge is 0.475 e. The van der Waals surface area contributed by atoms with Gasteiger partial charge in [0.15, 0.2) is 0 Å². The normalized spacial score (nSPS) is 25.3. The van der Waals surface area contributed by atoms with E-state index in [-0.39, 0.29) is 24.4 Å². The first kappa shape index (κ1) is 15.4. The van der Waals surface area contributed by atoms with E-state index in [4.69, 9.17) is 9.52 Å². The van der Waals surface area contributed by atoms with Gasteiger partial charge in [0.05, 0.1) is 6.54 Å². The topological polar surface area (TPSA) is 91.6 Å². The third kappa shape index (κ3) is 4.24. The minimum Gasteiger partial charge on any atom is -0.475 e. The molecule has 21 heavy (non-hydrogen) atoms. The molecule has 2 rings (SSSR count). The molecule has 3 atom stereocenters. The van der Waals surface area contributed by atoms with Gasteiger partial charge in [-0.1, -0.05) is 13.8 Å². The number of nitrogens with one attached hydrogen (secondary N) is 2. The highest BCUT2D eigenvalue weighted by Crippen LogP contribution is 2.28. The lowest BCUT2D eigenvalue weighted by Gasteiger charge is -2.33. The van der Waals surface area contributed by atoms with Crippen LogP contribution in [-0.4, -0.2) is 23.1 Å². The molecule has 1 aromatic heterocycles. The number of rotatable bonds is 4. The van der Waals surface area contributed by atoms with Crippen molar-refractivity contribution in [3.05, 3.63) is 23.7 Å². The van der Waals surface area contributed by atoms with Crippen molar-refractivity contribution in [3.8, 4) is 0 Å². The molecule has 1 heterocycles. The van der Waals surface area contributed by atoms with Crippen molar-refractivity contribution in [2.75, 3.05) is 0 Å². The maximum atomic E-state index is 11.9. The highest BCUT2D eigenvalue weighted by Gasteiger charge is 2.26. The van der Waals surface area contributed by atoms with Gasteiger partial charge in [-0.05, 0) is 43.2 Å². The lowest BCUT2D eigenvalue weighted by molar-refractivity contribution is 0.0660. The second-order valence-corrected chi connectivity index (χ2v) is 5.90. The average Bonchev–Trinajstić information content (AvgIpc) is 2.89. The summed E-state index contributed by atoms with van der Waals surface area (Å²) >= 11 is 0. The van der Waals surface area contributed by atoms with Crippen molar-refractivity contribution >= 4 is 12.0 Å². The summed E-state index contributed by atoms with van der Waals surface area (Å²) in [5.74, 6) is 0.381. The average molecular weight is 294 g/mol. The van der Waals surface area contributed by atoms with E-state index in [9.17, 15) is 9.59 Å². The number of carbonyl (C=O) groups is 2. The third-order valence-electron chi connectivity index (χ3n) is 4.04. The summed E-state index contributed by atoms with van der Waals surface area (Å²) in [4.78, 5) is 22.6. The van der Waals surface area contributed by atoms with Crippen LogP contribution in [0.3, 0.4) is 0 Å². The second kappa shape index (κ2) is 6.65. The molecule has 6 nitrogen and oxygen atoms in total. The van der Waals surface area contributed by atoms with E-state index < -0.39 is 5.97 Å². The molecule has 1 saturated carbocycles. The lowest BCUT2D eigenvalue weighted by atomic mass is 9.80. The third-order valence-corrected chi connectivity index (χ3v) is 4.04. The Balaban J connectivity index is 1.78. The Morgan fingerprint density at radius 3 is 2.71 bits per heavy atom. The zero-order valence-electron chi connectivity index (χ0n) is 12.4. The lowest BCUT2D eigenvalue weighted by Crippen LogP contribution is -2.46. The summed E-state index contributed by atoms with van der Waals surface area (Å²) in [6, 6.07) is 2.89. The first-order chi connectivity index (χ1) is 9.95. The molecule has 1 fully saturated rings. The van der Waals surface area contributed by atoms with Crippen LogP contribution in [0.5, 0.6) is 0 Å². The Bertz CT molecular complexity index is 512. The summed E-state index contributed by atoms with van der Waals surface area (Å²) in [6.07, 6.45) is 3.26. The minimum absolute atomic E-state index is 0.123. The van der Waals surface area contributed by atoms with Gasteiger partial charge in [0.25, 0.3) is 0 Å². The molecule has 0 aromatic carbocycles. The molecule has 1 aromatic rings. The van der Waals surface area contributed by atoms with Crippen molar-refractivity contribution in [1.82, 2.24) is 10.6 Å². The quantitative estimate of drug-likeness (QED) is 0.796. The maximum absolute atomic E-state index is 11.9. The molecule has 0 saturated heterocycles. The van der Waals surface area contributed by atoms with Gasteiger partial charge in [-0.2, -0.15) is 0 Å². The molecule has 0 radical (unpaired) electrons. The fraction of sp³-hybridized carbons (Fsp3) is 0.600. The molecular formula is C15H22N2O4. The van der Waals surface area contributed by atoms with E-state index in [0.29, 0.717) is 11.7 Å². The molecule has 1 aliphatic carbocycles. The zero-order valence-corrected chi connectivity index (χ0v) is 12.4. The van der Waals surface area contributed by atoms with Crippen molar-refractivity contribution in [1.29, 1.82) is 0 Å². The van der Waals surface area contributed by atoms with E-state index in [1.165, 1.54) is 6.07 Å². The molecule has 3 N–H and O–H groups in total. The Labute approximate surface area is 123 Å². The number of carboxylic acid groups (broad SMARTS) is 1. The highest BCUT2D eigenvalue weighted by atomic mass is 16.4. The summed E-state index contributed by atoms with van der Waals surface area (Å²) < 4.78 is 5.08. The van der Waals surface area contributed by atoms with Crippen molar-refractivity contribution in [2.24, 2.45) is 11.8 Å². The Hall–Kier alpha value is -1.98. The van der Waals surface area contributed by atoms with Gasteiger partial charge in [-0.25, -0.2) is 9.59 Å².